The highest BCUT2D eigenvalue weighted by Crippen LogP contribution is 2.25. The Labute approximate surface area is 178 Å². The van der Waals surface area contributed by atoms with Gasteiger partial charge in [-0.15, -0.1) is 0 Å². The predicted molar refractivity (Wildman–Crippen MR) is 107 cm³/mol. The molecule has 2 amide bonds. The second-order valence-electron chi connectivity index (χ2n) is 7.10. The molecule has 2 heterocycles. The molecule has 166 valence electrons. The fourth-order valence-corrected chi connectivity index (χ4v) is 4.84. The van der Waals surface area contributed by atoms with Crippen LogP contribution >= 0.6 is 0 Å². The third-order valence-electron chi connectivity index (χ3n) is 5.17. The Balaban J connectivity index is 1.67. The number of carbonyl (C=O) groups is 2. The van der Waals surface area contributed by atoms with Crippen molar-refractivity contribution in [1.82, 2.24) is 19.9 Å². The molecule has 1 aromatic carbocycles. The Morgan fingerprint density at radius 1 is 1.16 bits per heavy atom. The molecule has 31 heavy (non-hydrogen) atoms. The number of halogens is 2. The van der Waals surface area contributed by atoms with E-state index in [9.17, 15) is 26.8 Å². The van der Waals surface area contributed by atoms with Crippen LogP contribution in [-0.2, 0) is 19.6 Å². The minimum Gasteiger partial charge on any atom is -0.357 e. The van der Waals surface area contributed by atoms with Crippen LogP contribution in [0.1, 0.15) is 24.4 Å². The molecule has 1 unspecified atom stereocenters. The van der Waals surface area contributed by atoms with E-state index in [0.29, 0.717) is 0 Å². The third-order valence-corrected chi connectivity index (χ3v) is 7.05. The van der Waals surface area contributed by atoms with Crippen molar-refractivity contribution in [2.75, 3.05) is 20.1 Å². The summed E-state index contributed by atoms with van der Waals surface area (Å²) in [5.41, 5.74) is 0.100. The second kappa shape index (κ2) is 9.48. The molecule has 1 saturated heterocycles. The Morgan fingerprint density at radius 2 is 1.87 bits per heavy atom. The summed E-state index contributed by atoms with van der Waals surface area (Å²) in [5.74, 6) is -3.77. The van der Waals surface area contributed by atoms with E-state index in [-0.39, 0.29) is 36.4 Å². The number of aromatic nitrogens is 1. The van der Waals surface area contributed by atoms with Crippen molar-refractivity contribution in [2.24, 2.45) is 5.92 Å². The largest absolute Gasteiger partial charge is 0.357 e. The summed E-state index contributed by atoms with van der Waals surface area (Å²) in [6.07, 6.45) is 3.25. The van der Waals surface area contributed by atoms with Gasteiger partial charge < -0.3 is 10.6 Å². The summed E-state index contributed by atoms with van der Waals surface area (Å²) in [5, 5.41) is 4.96. The number of carbonyl (C=O) groups excluding carboxylic acids is 2. The molecule has 8 nitrogen and oxygen atoms in total. The summed E-state index contributed by atoms with van der Waals surface area (Å²) in [6.45, 7) is 0.260. The zero-order valence-electron chi connectivity index (χ0n) is 16.7. The van der Waals surface area contributed by atoms with Crippen LogP contribution in [0.5, 0.6) is 0 Å². The number of piperidine rings is 1. The first-order valence-electron chi connectivity index (χ1n) is 9.61. The van der Waals surface area contributed by atoms with E-state index in [1.54, 1.807) is 0 Å². The number of hydrogen-bond donors (Lipinski definition) is 2. The van der Waals surface area contributed by atoms with Gasteiger partial charge in [-0.25, -0.2) is 17.2 Å². The van der Waals surface area contributed by atoms with Gasteiger partial charge in [-0.2, -0.15) is 4.31 Å². The molecular formula is C20H22F2N4O4S. The van der Waals surface area contributed by atoms with Crippen molar-refractivity contribution in [2.45, 2.75) is 23.8 Å². The quantitative estimate of drug-likeness (QED) is 0.688. The van der Waals surface area contributed by atoms with Crippen LogP contribution < -0.4 is 10.6 Å². The van der Waals surface area contributed by atoms with Gasteiger partial charge >= 0.3 is 0 Å². The highest BCUT2D eigenvalue weighted by atomic mass is 32.2. The van der Waals surface area contributed by atoms with Gasteiger partial charge in [0, 0.05) is 38.4 Å². The first-order valence-corrected chi connectivity index (χ1v) is 11.0. The van der Waals surface area contributed by atoms with Gasteiger partial charge in [0.25, 0.3) is 0 Å². The maximum absolute atomic E-state index is 13.6. The summed E-state index contributed by atoms with van der Waals surface area (Å²) < 4.78 is 53.5. The number of rotatable bonds is 6. The summed E-state index contributed by atoms with van der Waals surface area (Å²) in [6, 6.07) is 4.75. The Morgan fingerprint density at radius 3 is 2.45 bits per heavy atom. The Bertz CT molecular complexity index is 1060. The molecule has 0 radical (unpaired) electrons. The highest BCUT2D eigenvalue weighted by molar-refractivity contribution is 7.89. The lowest BCUT2D eigenvalue weighted by molar-refractivity contribution is -0.131. The van der Waals surface area contributed by atoms with E-state index >= 15 is 0 Å². The first-order chi connectivity index (χ1) is 14.7. The number of hydrogen-bond acceptors (Lipinski definition) is 5. The maximum atomic E-state index is 13.6. The van der Waals surface area contributed by atoms with E-state index in [4.69, 9.17) is 0 Å². The fraction of sp³-hybridized carbons (Fsp3) is 0.350. The molecule has 11 heteroatoms. The topological polar surface area (TPSA) is 108 Å². The average molecular weight is 452 g/mol. The number of amides is 2. The van der Waals surface area contributed by atoms with Crippen LogP contribution in [0.4, 0.5) is 8.78 Å². The third kappa shape index (κ3) is 5.05. The minimum absolute atomic E-state index is 0.0796. The normalized spacial score (nSPS) is 16.5. The maximum Gasteiger partial charge on any atom is 0.246 e. The van der Waals surface area contributed by atoms with Gasteiger partial charge in [-0.05, 0) is 42.7 Å². The number of pyridine rings is 1. The Kier molecular flexibility index (Phi) is 6.96. The molecule has 0 aliphatic carbocycles. The molecular weight excluding hydrogens is 430 g/mol. The van der Waals surface area contributed by atoms with Crippen LogP contribution in [0.15, 0.2) is 47.6 Å². The predicted octanol–water partition coefficient (Wildman–Crippen LogP) is 1.36. The molecule has 0 spiro atoms. The average Bonchev–Trinajstić information content (AvgIpc) is 2.79. The van der Waals surface area contributed by atoms with Crippen LogP contribution in [-0.4, -0.2) is 49.7 Å². The Hall–Kier alpha value is -2.92. The summed E-state index contributed by atoms with van der Waals surface area (Å²) in [7, 11) is -2.34. The molecule has 1 fully saturated rings. The summed E-state index contributed by atoms with van der Waals surface area (Å²) >= 11 is 0. The number of likely N-dealkylation sites (N-methyl/N-ethyl adjacent to an activating group) is 1. The lowest BCUT2D eigenvalue weighted by Crippen LogP contribution is -2.46. The molecule has 3 rings (SSSR count). The molecule has 0 saturated carbocycles. The van der Waals surface area contributed by atoms with Crippen molar-refractivity contribution in [3.8, 4) is 0 Å². The van der Waals surface area contributed by atoms with Crippen LogP contribution in [0.3, 0.4) is 0 Å². The molecule has 1 atom stereocenters. The second-order valence-corrected chi connectivity index (χ2v) is 9.03. The molecule has 1 aliphatic heterocycles. The molecule has 2 N–H and O–H groups in total. The monoisotopic (exact) mass is 452 g/mol. The number of nitrogens with zero attached hydrogens (tertiary/aromatic N) is 2. The van der Waals surface area contributed by atoms with Crippen LogP contribution in [0.2, 0.25) is 0 Å². The first kappa shape index (κ1) is 22.8. The van der Waals surface area contributed by atoms with Gasteiger partial charge in [-0.1, -0.05) is 6.07 Å². The van der Waals surface area contributed by atoms with E-state index in [0.717, 1.165) is 12.1 Å². The van der Waals surface area contributed by atoms with Crippen LogP contribution in [0.25, 0.3) is 0 Å². The highest BCUT2D eigenvalue weighted by Gasteiger charge is 2.34. The zero-order valence-corrected chi connectivity index (χ0v) is 17.5. The minimum atomic E-state index is -3.71. The van der Waals surface area contributed by atoms with Gasteiger partial charge in [0.05, 0.1) is 0 Å². The van der Waals surface area contributed by atoms with Crippen molar-refractivity contribution < 1.29 is 26.8 Å². The van der Waals surface area contributed by atoms with E-state index < -0.39 is 45.4 Å². The molecule has 1 aromatic heterocycles. The molecule has 2 aromatic rings. The van der Waals surface area contributed by atoms with Crippen molar-refractivity contribution in [3.63, 3.8) is 0 Å². The van der Waals surface area contributed by atoms with E-state index in [1.807, 2.05) is 0 Å². The molecule has 1 aliphatic rings. The number of sulfonamides is 1. The van der Waals surface area contributed by atoms with Gasteiger partial charge in [0.2, 0.25) is 21.8 Å². The zero-order chi connectivity index (χ0) is 22.6. The van der Waals surface area contributed by atoms with Gasteiger partial charge in [0.1, 0.15) is 10.9 Å². The van der Waals surface area contributed by atoms with Crippen LogP contribution in [0, 0.1) is 17.6 Å². The van der Waals surface area contributed by atoms with Gasteiger partial charge in [-0.3, -0.25) is 14.6 Å². The van der Waals surface area contributed by atoms with E-state index in [2.05, 4.69) is 15.6 Å². The van der Waals surface area contributed by atoms with E-state index in [1.165, 1.54) is 41.9 Å². The SMILES string of the molecule is CNC(=O)C(NC(=O)C1CCN(S(=O)(=O)c2cccnc2)CC1)c1ccc(F)c(F)c1. The number of benzene rings is 1. The lowest BCUT2D eigenvalue weighted by atomic mass is 9.96. The fourth-order valence-electron chi connectivity index (χ4n) is 3.40. The van der Waals surface area contributed by atoms with Crippen molar-refractivity contribution in [1.29, 1.82) is 0 Å². The molecule has 0 bridgehead atoms. The van der Waals surface area contributed by atoms with Crippen molar-refractivity contribution in [3.05, 3.63) is 59.9 Å². The standard InChI is InChI=1S/C20H22F2N4O4S/c1-23-20(28)18(14-4-5-16(21)17(22)11-14)25-19(27)13-6-9-26(10-7-13)31(29,30)15-3-2-8-24-12-15/h2-5,8,11-13,18H,6-7,9-10H2,1H3,(H,23,28)(H,25,27). The summed E-state index contributed by atoms with van der Waals surface area (Å²) in [4.78, 5) is 28.9. The number of nitrogens with one attached hydrogen (secondary N) is 2. The smallest absolute Gasteiger partial charge is 0.246 e. The van der Waals surface area contributed by atoms with Gasteiger partial charge in [0.15, 0.2) is 11.6 Å². The lowest BCUT2D eigenvalue weighted by Gasteiger charge is -2.31. The van der Waals surface area contributed by atoms with Crippen molar-refractivity contribution >= 4 is 21.8 Å².